The van der Waals surface area contributed by atoms with E-state index in [0.29, 0.717) is 18.8 Å². The Bertz CT molecular complexity index is 549. The summed E-state index contributed by atoms with van der Waals surface area (Å²) in [6.45, 7) is 10.4. The molecule has 0 aromatic heterocycles. The molecule has 0 bridgehead atoms. The van der Waals surface area contributed by atoms with Crippen molar-refractivity contribution >= 4 is 11.8 Å². The second-order valence-corrected chi connectivity index (χ2v) is 7.34. The molecule has 25 heavy (non-hydrogen) atoms. The lowest BCUT2D eigenvalue weighted by atomic mass is 9.95. The molecule has 1 atom stereocenters. The smallest absolute Gasteiger partial charge is 0.416 e. The van der Waals surface area contributed by atoms with Gasteiger partial charge in [-0.05, 0) is 56.9 Å². The Balaban J connectivity index is 2.54. The lowest BCUT2D eigenvalue weighted by molar-refractivity contribution is -0.137. The fourth-order valence-corrected chi connectivity index (χ4v) is 2.10. The molecular formula is C18H27F3N2O2. The van der Waals surface area contributed by atoms with Crippen molar-refractivity contribution in [2.75, 3.05) is 18.4 Å². The molecule has 0 saturated heterocycles. The Kier molecular flexibility index (Phi) is 7.14. The molecule has 0 aliphatic carbocycles. The van der Waals surface area contributed by atoms with Crippen LogP contribution < -0.4 is 10.6 Å². The molecule has 0 radical (unpaired) electrons. The zero-order chi connectivity index (χ0) is 19.3. The molecule has 0 heterocycles. The first-order valence-corrected chi connectivity index (χ1v) is 8.26. The molecule has 1 amide bonds. The molecule has 0 aliphatic rings. The molecule has 1 unspecified atom stereocenters. The van der Waals surface area contributed by atoms with Crippen LogP contribution in [-0.2, 0) is 10.9 Å². The Morgan fingerprint density at radius 3 is 2.08 bits per heavy atom. The van der Waals surface area contributed by atoms with Crippen LogP contribution in [0.5, 0.6) is 0 Å². The summed E-state index contributed by atoms with van der Waals surface area (Å²) in [5.41, 5.74) is -0.628. The first kappa shape index (κ1) is 21.1. The van der Waals surface area contributed by atoms with Gasteiger partial charge in [-0.1, -0.05) is 13.8 Å². The summed E-state index contributed by atoms with van der Waals surface area (Å²) in [5, 5.41) is 5.85. The normalized spacial score (nSPS) is 13.5. The first-order chi connectivity index (χ1) is 11.4. The standard InChI is InChI=1S/C18H27F3N2O2/c1-12(2)13(11-23-16(24)25-17(3,4)5)10-22-15-8-6-14(7-9-15)18(19,20)21/h6-9,12-13,22H,10-11H2,1-5H3,(H,23,24). The first-order valence-electron chi connectivity index (χ1n) is 8.26. The number of alkyl carbamates (subject to hydrolysis) is 1. The zero-order valence-corrected chi connectivity index (χ0v) is 15.3. The van der Waals surface area contributed by atoms with Crippen LogP contribution in [0.1, 0.15) is 40.2 Å². The highest BCUT2D eigenvalue weighted by Gasteiger charge is 2.30. The quantitative estimate of drug-likeness (QED) is 0.757. The van der Waals surface area contributed by atoms with Crippen LogP contribution >= 0.6 is 0 Å². The Morgan fingerprint density at radius 2 is 1.64 bits per heavy atom. The third-order valence-electron chi connectivity index (χ3n) is 3.63. The van der Waals surface area contributed by atoms with Crippen LogP contribution in [0.3, 0.4) is 0 Å². The van der Waals surface area contributed by atoms with E-state index >= 15 is 0 Å². The second kappa shape index (κ2) is 8.45. The van der Waals surface area contributed by atoms with Crippen molar-refractivity contribution in [1.29, 1.82) is 0 Å². The van der Waals surface area contributed by atoms with E-state index in [1.165, 1.54) is 12.1 Å². The largest absolute Gasteiger partial charge is 0.444 e. The van der Waals surface area contributed by atoms with Gasteiger partial charge in [0.15, 0.2) is 0 Å². The SMILES string of the molecule is CC(C)C(CNC(=O)OC(C)(C)C)CNc1ccc(C(F)(F)F)cc1. The maximum atomic E-state index is 12.6. The summed E-state index contributed by atoms with van der Waals surface area (Å²) < 4.78 is 42.9. The van der Waals surface area contributed by atoms with Crippen molar-refractivity contribution in [3.05, 3.63) is 29.8 Å². The van der Waals surface area contributed by atoms with Gasteiger partial charge < -0.3 is 15.4 Å². The number of benzene rings is 1. The molecule has 0 aliphatic heterocycles. The van der Waals surface area contributed by atoms with E-state index in [0.717, 1.165) is 12.1 Å². The number of carbonyl (C=O) groups excluding carboxylic acids is 1. The van der Waals surface area contributed by atoms with Gasteiger partial charge in [-0.15, -0.1) is 0 Å². The third-order valence-corrected chi connectivity index (χ3v) is 3.63. The second-order valence-electron chi connectivity index (χ2n) is 7.34. The number of nitrogens with one attached hydrogen (secondary N) is 2. The number of halogens is 3. The molecule has 1 rings (SSSR count). The maximum Gasteiger partial charge on any atom is 0.416 e. The predicted molar refractivity (Wildman–Crippen MR) is 92.5 cm³/mol. The Labute approximate surface area is 147 Å². The molecule has 0 fully saturated rings. The summed E-state index contributed by atoms with van der Waals surface area (Å²) >= 11 is 0. The highest BCUT2D eigenvalue weighted by molar-refractivity contribution is 5.67. The van der Waals surface area contributed by atoms with Gasteiger partial charge in [0, 0.05) is 18.8 Å². The van der Waals surface area contributed by atoms with E-state index in [4.69, 9.17) is 4.74 Å². The molecule has 1 aromatic carbocycles. The summed E-state index contributed by atoms with van der Waals surface area (Å²) in [7, 11) is 0. The van der Waals surface area contributed by atoms with Gasteiger partial charge in [0.25, 0.3) is 0 Å². The number of hydrogen-bond donors (Lipinski definition) is 2. The minimum atomic E-state index is -4.34. The highest BCUT2D eigenvalue weighted by Crippen LogP contribution is 2.29. The van der Waals surface area contributed by atoms with Crippen LogP contribution in [0.15, 0.2) is 24.3 Å². The van der Waals surface area contributed by atoms with Gasteiger partial charge in [-0.2, -0.15) is 13.2 Å². The molecule has 0 spiro atoms. The van der Waals surface area contributed by atoms with Crippen LogP contribution in [-0.4, -0.2) is 24.8 Å². The molecular weight excluding hydrogens is 333 g/mol. The van der Waals surface area contributed by atoms with Crippen molar-refractivity contribution in [2.45, 2.75) is 46.4 Å². The number of carbonyl (C=O) groups is 1. The number of amides is 1. The molecule has 4 nitrogen and oxygen atoms in total. The van der Waals surface area contributed by atoms with E-state index in [9.17, 15) is 18.0 Å². The van der Waals surface area contributed by atoms with Gasteiger partial charge in [0.1, 0.15) is 5.60 Å². The minimum absolute atomic E-state index is 0.106. The maximum absolute atomic E-state index is 12.6. The van der Waals surface area contributed by atoms with E-state index in [1.54, 1.807) is 20.8 Å². The zero-order valence-electron chi connectivity index (χ0n) is 15.3. The summed E-state index contributed by atoms with van der Waals surface area (Å²) in [4.78, 5) is 11.7. The summed E-state index contributed by atoms with van der Waals surface area (Å²) in [5.74, 6) is 0.381. The van der Waals surface area contributed by atoms with Crippen molar-refractivity contribution in [2.24, 2.45) is 11.8 Å². The van der Waals surface area contributed by atoms with Gasteiger partial charge in [0.05, 0.1) is 5.56 Å². The average Bonchev–Trinajstić information content (AvgIpc) is 2.44. The monoisotopic (exact) mass is 360 g/mol. The molecule has 1 aromatic rings. The number of ether oxygens (including phenoxy) is 1. The van der Waals surface area contributed by atoms with Crippen LogP contribution in [0, 0.1) is 11.8 Å². The van der Waals surface area contributed by atoms with Crippen molar-refractivity contribution in [3.63, 3.8) is 0 Å². The van der Waals surface area contributed by atoms with E-state index in [2.05, 4.69) is 10.6 Å². The predicted octanol–water partition coefficient (Wildman–Crippen LogP) is 4.91. The lowest BCUT2D eigenvalue weighted by Crippen LogP contribution is -2.38. The van der Waals surface area contributed by atoms with Crippen LogP contribution in [0.25, 0.3) is 0 Å². The Hall–Kier alpha value is -1.92. The fourth-order valence-electron chi connectivity index (χ4n) is 2.10. The summed E-state index contributed by atoms with van der Waals surface area (Å²) in [6, 6.07) is 4.90. The van der Waals surface area contributed by atoms with Crippen LogP contribution in [0.4, 0.5) is 23.7 Å². The van der Waals surface area contributed by atoms with E-state index in [-0.39, 0.29) is 11.8 Å². The van der Waals surface area contributed by atoms with Gasteiger partial charge in [-0.3, -0.25) is 0 Å². The highest BCUT2D eigenvalue weighted by atomic mass is 19.4. The number of rotatable bonds is 6. The number of alkyl halides is 3. The van der Waals surface area contributed by atoms with E-state index in [1.807, 2.05) is 13.8 Å². The van der Waals surface area contributed by atoms with Crippen LogP contribution in [0.2, 0.25) is 0 Å². The molecule has 0 saturated carbocycles. The van der Waals surface area contributed by atoms with E-state index < -0.39 is 23.4 Å². The number of anilines is 1. The third kappa shape index (κ3) is 8.14. The minimum Gasteiger partial charge on any atom is -0.444 e. The van der Waals surface area contributed by atoms with Gasteiger partial charge in [-0.25, -0.2) is 4.79 Å². The van der Waals surface area contributed by atoms with Crippen molar-refractivity contribution in [1.82, 2.24) is 5.32 Å². The molecule has 142 valence electrons. The lowest BCUT2D eigenvalue weighted by Gasteiger charge is -2.24. The van der Waals surface area contributed by atoms with Crippen molar-refractivity contribution < 1.29 is 22.7 Å². The van der Waals surface area contributed by atoms with Gasteiger partial charge in [0.2, 0.25) is 0 Å². The summed E-state index contributed by atoms with van der Waals surface area (Å²) in [6.07, 6.45) is -4.82. The van der Waals surface area contributed by atoms with Gasteiger partial charge >= 0.3 is 12.3 Å². The topological polar surface area (TPSA) is 50.4 Å². The average molecular weight is 360 g/mol. The fraction of sp³-hybridized carbons (Fsp3) is 0.611. The Morgan fingerprint density at radius 1 is 1.08 bits per heavy atom. The molecule has 2 N–H and O–H groups in total. The van der Waals surface area contributed by atoms with Crippen molar-refractivity contribution in [3.8, 4) is 0 Å². The number of hydrogen-bond acceptors (Lipinski definition) is 3. The molecule has 7 heteroatoms.